The second kappa shape index (κ2) is 58.9. The molecular formula is C72H125NO10. The summed E-state index contributed by atoms with van der Waals surface area (Å²) in [5, 5.41) is 57.2. The topological polar surface area (TPSA) is 175 Å². The Morgan fingerprint density at radius 1 is 0.482 bits per heavy atom. The molecule has 0 aromatic rings. The van der Waals surface area contributed by atoms with Crippen molar-refractivity contribution >= 4 is 11.9 Å². The van der Waals surface area contributed by atoms with E-state index in [1.807, 2.05) is 6.08 Å². The zero-order valence-corrected chi connectivity index (χ0v) is 53.0. The van der Waals surface area contributed by atoms with Crippen LogP contribution in [0, 0.1) is 0 Å². The van der Waals surface area contributed by atoms with Gasteiger partial charge in [0, 0.05) is 6.42 Å². The minimum absolute atomic E-state index is 0.115. The van der Waals surface area contributed by atoms with Gasteiger partial charge in [-0.1, -0.05) is 272 Å². The Balaban J connectivity index is 2.65. The summed E-state index contributed by atoms with van der Waals surface area (Å²) in [5.41, 5.74) is 0. The lowest BCUT2D eigenvalue weighted by molar-refractivity contribution is -0.305. The average molecular weight is 1160 g/mol. The van der Waals surface area contributed by atoms with Gasteiger partial charge in [0.15, 0.2) is 12.4 Å². The van der Waals surface area contributed by atoms with Gasteiger partial charge in [0.1, 0.15) is 24.4 Å². The lowest BCUT2D eigenvalue weighted by atomic mass is 9.99. The van der Waals surface area contributed by atoms with E-state index in [1.165, 1.54) is 135 Å². The Hall–Kier alpha value is -3.42. The van der Waals surface area contributed by atoms with Crippen LogP contribution in [0.2, 0.25) is 0 Å². The molecule has 0 bridgehead atoms. The van der Waals surface area contributed by atoms with Crippen LogP contribution in [0.3, 0.4) is 0 Å². The van der Waals surface area contributed by atoms with E-state index in [1.54, 1.807) is 6.08 Å². The van der Waals surface area contributed by atoms with Crippen LogP contribution in [0.25, 0.3) is 0 Å². The van der Waals surface area contributed by atoms with Gasteiger partial charge in [-0.05, 0) is 103 Å². The Kier molecular flexibility index (Phi) is 55.1. The van der Waals surface area contributed by atoms with E-state index in [0.29, 0.717) is 12.8 Å². The molecule has 1 aliphatic heterocycles. The molecule has 0 radical (unpaired) electrons. The van der Waals surface area contributed by atoms with Gasteiger partial charge in [-0.15, -0.1) is 0 Å². The monoisotopic (exact) mass is 1160 g/mol. The minimum Gasteiger partial charge on any atom is -0.454 e. The Bertz CT molecular complexity index is 1720. The number of rotatable bonds is 57. The first-order valence-electron chi connectivity index (χ1n) is 34.0. The number of amides is 1. The molecule has 1 saturated heterocycles. The van der Waals surface area contributed by atoms with Crippen molar-refractivity contribution in [1.82, 2.24) is 5.32 Å². The zero-order chi connectivity index (χ0) is 60.3. The third-order valence-corrected chi connectivity index (χ3v) is 15.5. The van der Waals surface area contributed by atoms with Crippen LogP contribution in [0.1, 0.15) is 284 Å². The predicted molar refractivity (Wildman–Crippen MR) is 347 cm³/mol. The Morgan fingerprint density at radius 2 is 0.867 bits per heavy atom. The van der Waals surface area contributed by atoms with Crippen molar-refractivity contribution in [3.63, 3.8) is 0 Å². The molecule has 0 aromatic carbocycles. The fraction of sp³-hybridized carbons (Fsp3) is 0.750. The SMILES string of the molecule is CC/C=C\C/C=C\C/C=C\C/C=C\C/C=C\CCCCCCC(O)C(=O)NC(COC1OC(CO)C(O)C(O)C1OC(=O)CCCCCCCCCCCCC/C=C\C/C=C\CCCCC)C(O)/C=C/CCCCCCCCCCCCC. The van der Waals surface area contributed by atoms with Crippen LogP contribution in [0.5, 0.6) is 0 Å². The van der Waals surface area contributed by atoms with Gasteiger partial charge in [-0.3, -0.25) is 9.59 Å². The molecule has 8 unspecified atom stereocenters. The number of carbonyl (C=O) groups excluding carboxylic acids is 2. The second-order valence-corrected chi connectivity index (χ2v) is 23.2. The Morgan fingerprint density at radius 3 is 1.33 bits per heavy atom. The molecule has 1 rings (SSSR count). The molecule has 1 heterocycles. The van der Waals surface area contributed by atoms with Crippen molar-refractivity contribution in [1.29, 1.82) is 0 Å². The van der Waals surface area contributed by atoms with Gasteiger partial charge in [-0.25, -0.2) is 0 Å². The van der Waals surface area contributed by atoms with Crippen LogP contribution in [0.15, 0.2) is 97.2 Å². The van der Waals surface area contributed by atoms with Gasteiger partial charge in [-0.2, -0.15) is 0 Å². The molecule has 8 atom stereocenters. The molecule has 0 aromatic heterocycles. The van der Waals surface area contributed by atoms with E-state index < -0.39 is 67.4 Å². The quantitative estimate of drug-likeness (QED) is 0.0195. The molecule has 1 amide bonds. The summed E-state index contributed by atoms with van der Waals surface area (Å²) in [4.78, 5) is 26.7. The number of hydrogen-bond acceptors (Lipinski definition) is 10. The van der Waals surface area contributed by atoms with E-state index in [-0.39, 0.29) is 19.4 Å². The first kappa shape index (κ1) is 77.6. The number of ether oxygens (including phenoxy) is 3. The van der Waals surface area contributed by atoms with E-state index in [9.17, 15) is 35.1 Å². The molecule has 0 spiro atoms. The number of aliphatic hydroxyl groups is 5. The fourth-order valence-corrected chi connectivity index (χ4v) is 10.1. The van der Waals surface area contributed by atoms with Crippen LogP contribution < -0.4 is 5.32 Å². The highest BCUT2D eigenvalue weighted by atomic mass is 16.7. The number of unbranched alkanes of at least 4 members (excludes halogenated alkanes) is 29. The highest BCUT2D eigenvalue weighted by molar-refractivity contribution is 5.80. The maximum Gasteiger partial charge on any atom is 0.306 e. The van der Waals surface area contributed by atoms with Crippen molar-refractivity contribution in [2.24, 2.45) is 0 Å². The van der Waals surface area contributed by atoms with Crippen LogP contribution >= 0.6 is 0 Å². The zero-order valence-electron chi connectivity index (χ0n) is 53.0. The number of allylic oxidation sites excluding steroid dienone is 15. The summed E-state index contributed by atoms with van der Waals surface area (Å²) in [7, 11) is 0. The average Bonchev–Trinajstić information content (AvgIpc) is 3.54. The van der Waals surface area contributed by atoms with Crippen molar-refractivity contribution < 1.29 is 49.3 Å². The van der Waals surface area contributed by atoms with E-state index in [2.05, 4.69) is 111 Å². The molecule has 6 N–H and O–H groups in total. The summed E-state index contributed by atoms with van der Waals surface area (Å²) < 4.78 is 17.7. The summed E-state index contributed by atoms with van der Waals surface area (Å²) in [6.45, 7) is 5.66. The van der Waals surface area contributed by atoms with Gasteiger partial charge < -0.3 is 45.1 Å². The second-order valence-electron chi connectivity index (χ2n) is 23.2. The molecular weight excluding hydrogens is 1040 g/mol. The first-order valence-corrected chi connectivity index (χ1v) is 34.0. The molecule has 0 saturated carbocycles. The standard InChI is InChI=1S/C72H125NO10/c1-4-7-10-13-16-19-22-25-27-29-31-33-35-37-39-42-45-48-51-54-57-60-67(77)83-70-69(79)68(78)66(61-74)82-72(70)81-62-63(64(75)58-55-52-49-46-43-40-24-21-18-15-12-9-6-3)73-71(80)65(76)59-56-53-50-47-44-41-38-36-34-32-30-28-26-23-20-17-14-11-8-5-2/h8,11,16-17,19-20,25-28,32,34,38,41,55,58,63-66,68-70,72,74-76,78-79H,4-7,9-10,12-15,18,21-24,29-31,33,35-37,39-40,42-54,56-57,59-62H2,1-3H3,(H,73,80)/b11-8-,19-16-,20-17-,27-25-,28-26-,34-32-,41-38-,58-55+. The highest BCUT2D eigenvalue weighted by Crippen LogP contribution is 2.26. The normalized spacial score (nSPS) is 19.2. The van der Waals surface area contributed by atoms with Crippen molar-refractivity contribution in [2.75, 3.05) is 13.2 Å². The maximum absolute atomic E-state index is 13.5. The number of carbonyl (C=O) groups is 2. The molecule has 1 aliphatic rings. The first-order chi connectivity index (χ1) is 40.7. The van der Waals surface area contributed by atoms with Crippen LogP contribution in [-0.2, 0) is 23.8 Å². The van der Waals surface area contributed by atoms with Crippen molar-refractivity contribution in [3.8, 4) is 0 Å². The van der Waals surface area contributed by atoms with E-state index in [0.717, 1.165) is 103 Å². The predicted octanol–water partition coefficient (Wildman–Crippen LogP) is 17.1. The maximum atomic E-state index is 13.5. The van der Waals surface area contributed by atoms with Crippen LogP contribution in [0.4, 0.5) is 0 Å². The number of nitrogens with one attached hydrogen (secondary N) is 1. The van der Waals surface area contributed by atoms with Gasteiger partial charge in [0.25, 0.3) is 0 Å². The summed E-state index contributed by atoms with van der Waals surface area (Å²) in [5.74, 6) is -1.22. The van der Waals surface area contributed by atoms with Crippen LogP contribution in [-0.4, -0.2) is 99.6 Å². The minimum atomic E-state index is -1.62. The molecule has 11 nitrogen and oxygen atoms in total. The molecule has 1 fully saturated rings. The summed E-state index contributed by atoms with van der Waals surface area (Å²) in [6.07, 6.45) is 68.6. The third kappa shape index (κ3) is 46.5. The summed E-state index contributed by atoms with van der Waals surface area (Å²) >= 11 is 0. The molecule has 0 aliphatic carbocycles. The highest BCUT2D eigenvalue weighted by Gasteiger charge is 2.47. The largest absolute Gasteiger partial charge is 0.454 e. The van der Waals surface area contributed by atoms with E-state index in [4.69, 9.17) is 14.2 Å². The third-order valence-electron chi connectivity index (χ3n) is 15.5. The smallest absolute Gasteiger partial charge is 0.306 e. The molecule has 11 heteroatoms. The van der Waals surface area contributed by atoms with Gasteiger partial charge in [0.05, 0.1) is 25.4 Å². The number of hydrogen-bond donors (Lipinski definition) is 6. The van der Waals surface area contributed by atoms with Crippen molar-refractivity contribution in [3.05, 3.63) is 97.2 Å². The lowest BCUT2D eigenvalue weighted by Crippen LogP contribution is -2.61. The Labute approximate surface area is 507 Å². The van der Waals surface area contributed by atoms with Gasteiger partial charge in [0.2, 0.25) is 5.91 Å². The molecule has 478 valence electrons. The van der Waals surface area contributed by atoms with E-state index >= 15 is 0 Å². The lowest BCUT2D eigenvalue weighted by Gasteiger charge is -2.41. The summed E-state index contributed by atoms with van der Waals surface area (Å²) in [6, 6.07) is -1.04. The number of esters is 1. The van der Waals surface area contributed by atoms with Gasteiger partial charge >= 0.3 is 5.97 Å². The number of aliphatic hydroxyl groups excluding tert-OH is 5. The molecule has 83 heavy (non-hydrogen) atoms. The fourth-order valence-electron chi connectivity index (χ4n) is 10.1. The van der Waals surface area contributed by atoms with Crippen molar-refractivity contribution in [2.45, 2.75) is 333 Å².